The Morgan fingerprint density at radius 3 is 2.05 bits per heavy atom. The van der Waals surface area contributed by atoms with E-state index in [2.05, 4.69) is 27.0 Å². The summed E-state index contributed by atoms with van der Waals surface area (Å²) >= 11 is 14.2. The molecule has 0 saturated carbocycles. The summed E-state index contributed by atoms with van der Waals surface area (Å²) in [5.74, 6) is 0. The summed E-state index contributed by atoms with van der Waals surface area (Å²) in [5.41, 5.74) is 0.811. The molecule has 1 nitrogen and oxygen atoms in total. The van der Waals surface area contributed by atoms with Crippen LogP contribution in [0.1, 0.15) is 40.0 Å². The van der Waals surface area contributed by atoms with Crippen LogP contribution in [-0.2, 0) is 0 Å². The lowest BCUT2D eigenvalue weighted by atomic mass is 10.3. The van der Waals surface area contributed by atoms with Gasteiger partial charge in [-0.25, -0.2) is 4.99 Å². The molecule has 0 aromatic heterocycles. The van der Waals surface area contributed by atoms with Gasteiger partial charge in [0.05, 0.1) is 36.5 Å². The Hall–Kier alpha value is 0.250. The first-order valence-electron chi connectivity index (χ1n) is 7.97. The number of rotatable bonds is 8. The first-order chi connectivity index (χ1) is 10.5. The highest BCUT2D eigenvalue weighted by Crippen LogP contribution is 2.64. The van der Waals surface area contributed by atoms with E-state index in [4.69, 9.17) is 28.2 Å². The number of benzene rings is 1. The van der Waals surface area contributed by atoms with E-state index in [1.165, 1.54) is 42.5 Å². The third-order valence-corrected chi connectivity index (χ3v) is 11.2. The molecule has 1 aromatic rings. The monoisotopic (exact) mass is 378 g/mol. The molecule has 22 heavy (non-hydrogen) atoms. The SMILES string of the molecule is CCC[P+](CCC)(CCC)C(=Nc1cc(Cl)ccc1Cl)SC. The summed E-state index contributed by atoms with van der Waals surface area (Å²) in [7, 11) is -1.20. The normalized spacial score (nSPS) is 12.7. The quantitative estimate of drug-likeness (QED) is 0.257. The van der Waals surface area contributed by atoms with Crippen LogP contribution in [0, 0.1) is 0 Å². The molecule has 124 valence electrons. The van der Waals surface area contributed by atoms with Gasteiger partial charge in [-0.1, -0.05) is 55.7 Å². The second-order valence-electron chi connectivity index (χ2n) is 5.51. The molecule has 0 bridgehead atoms. The number of hydrogen-bond acceptors (Lipinski definition) is 2. The fraction of sp³-hybridized carbons (Fsp3) is 0.588. The Kier molecular flexibility index (Phi) is 9.40. The van der Waals surface area contributed by atoms with E-state index >= 15 is 0 Å². The van der Waals surface area contributed by atoms with Gasteiger partial charge in [0.1, 0.15) is 0 Å². The average molecular weight is 379 g/mol. The average Bonchev–Trinajstić information content (AvgIpc) is 2.48. The van der Waals surface area contributed by atoms with E-state index in [1.807, 2.05) is 18.2 Å². The maximum Gasteiger partial charge on any atom is 0.216 e. The van der Waals surface area contributed by atoms with Gasteiger partial charge in [-0.3, -0.25) is 0 Å². The second kappa shape index (κ2) is 10.2. The minimum Gasteiger partial charge on any atom is -0.207 e. The van der Waals surface area contributed by atoms with Crippen LogP contribution in [0.15, 0.2) is 23.2 Å². The van der Waals surface area contributed by atoms with E-state index in [0.717, 1.165) is 5.69 Å². The molecule has 0 N–H and O–H groups in total. The Labute approximate surface area is 150 Å². The lowest BCUT2D eigenvalue weighted by molar-refractivity contribution is 1.01. The molecular formula is C17H27Cl2NPS+. The number of aliphatic imine (C=N–C) groups is 1. The summed E-state index contributed by atoms with van der Waals surface area (Å²) in [6, 6.07) is 5.52. The van der Waals surface area contributed by atoms with Crippen LogP contribution >= 0.6 is 42.2 Å². The molecule has 0 saturated heterocycles. The van der Waals surface area contributed by atoms with Crippen molar-refractivity contribution in [3.05, 3.63) is 28.2 Å². The molecule has 0 atom stereocenters. The number of halogens is 2. The highest BCUT2D eigenvalue weighted by atomic mass is 35.5. The molecule has 1 rings (SSSR count). The second-order valence-corrected chi connectivity index (χ2v) is 11.5. The molecule has 0 fully saturated rings. The van der Waals surface area contributed by atoms with Gasteiger partial charge in [0.15, 0.2) is 0 Å². The zero-order valence-electron chi connectivity index (χ0n) is 14.0. The topological polar surface area (TPSA) is 12.4 Å². The molecule has 1 aromatic carbocycles. The van der Waals surface area contributed by atoms with E-state index in [1.54, 1.807) is 11.8 Å². The minimum atomic E-state index is -1.20. The van der Waals surface area contributed by atoms with Gasteiger partial charge in [0.2, 0.25) is 4.78 Å². The fourth-order valence-corrected chi connectivity index (χ4v) is 9.95. The van der Waals surface area contributed by atoms with Crippen LogP contribution in [0.4, 0.5) is 5.69 Å². The summed E-state index contributed by atoms with van der Waals surface area (Å²) in [6.07, 6.45) is 9.66. The Morgan fingerprint density at radius 1 is 1.05 bits per heavy atom. The molecule has 0 amide bonds. The van der Waals surface area contributed by atoms with Crippen LogP contribution in [0.3, 0.4) is 0 Å². The predicted molar refractivity (Wildman–Crippen MR) is 109 cm³/mol. The first-order valence-corrected chi connectivity index (χ1v) is 12.3. The van der Waals surface area contributed by atoms with Crippen molar-refractivity contribution in [2.45, 2.75) is 40.0 Å². The van der Waals surface area contributed by atoms with Gasteiger partial charge in [0.25, 0.3) is 0 Å². The summed E-state index contributed by atoms with van der Waals surface area (Å²) in [4.78, 5) is 6.29. The predicted octanol–water partition coefficient (Wildman–Crippen LogP) is 7.59. The molecule has 0 aliphatic rings. The first kappa shape index (κ1) is 20.3. The number of nitrogens with zero attached hydrogens (tertiary/aromatic N) is 1. The van der Waals surface area contributed by atoms with E-state index < -0.39 is 7.26 Å². The summed E-state index contributed by atoms with van der Waals surface area (Å²) < 4.78 is 0. The molecule has 0 aliphatic carbocycles. The van der Waals surface area contributed by atoms with E-state index in [-0.39, 0.29) is 0 Å². The number of hydrogen-bond donors (Lipinski definition) is 0. The summed E-state index contributed by atoms with van der Waals surface area (Å²) in [6.45, 7) is 6.85. The highest BCUT2D eigenvalue weighted by molar-refractivity contribution is 8.29. The Morgan fingerprint density at radius 2 is 1.59 bits per heavy atom. The van der Waals surface area contributed by atoms with Crippen LogP contribution in [0.25, 0.3) is 0 Å². The fourth-order valence-electron chi connectivity index (χ4n) is 2.93. The Bertz CT molecular complexity index is 488. The van der Waals surface area contributed by atoms with Crippen molar-refractivity contribution >= 4 is 52.7 Å². The van der Waals surface area contributed by atoms with Gasteiger partial charge in [-0.05, 0) is 43.7 Å². The molecule has 0 aliphatic heterocycles. The third-order valence-electron chi connectivity index (χ3n) is 3.67. The third kappa shape index (κ3) is 5.41. The van der Waals surface area contributed by atoms with Crippen molar-refractivity contribution in [1.82, 2.24) is 0 Å². The lowest BCUT2D eigenvalue weighted by Gasteiger charge is -2.26. The van der Waals surface area contributed by atoms with Gasteiger partial charge in [-0.15, -0.1) is 0 Å². The van der Waals surface area contributed by atoms with Crippen LogP contribution in [-0.4, -0.2) is 29.5 Å². The van der Waals surface area contributed by atoms with Crippen molar-refractivity contribution in [2.75, 3.05) is 24.7 Å². The molecule has 0 unspecified atom stereocenters. The van der Waals surface area contributed by atoms with Crippen LogP contribution in [0.5, 0.6) is 0 Å². The standard InChI is InChI=1S/C17H27Cl2NPS/c1-5-10-21(11-6-2,12-7-3)17(22-4)20-16-13-14(18)8-9-15(16)19/h8-9,13H,5-7,10-12H2,1-4H3/q+1. The van der Waals surface area contributed by atoms with Gasteiger partial charge in [-0.2, -0.15) is 0 Å². The van der Waals surface area contributed by atoms with Crippen molar-refractivity contribution in [2.24, 2.45) is 4.99 Å². The molecule has 0 radical (unpaired) electrons. The van der Waals surface area contributed by atoms with Crippen molar-refractivity contribution in [1.29, 1.82) is 0 Å². The molecular weight excluding hydrogens is 352 g/mol. The van der Waals surface area contributed by atoms with Gasteiger partial charge < -0.3 is 0 Å². The summed E-state index contributed by atoms with van der Waals surface area (Å²) in [5, 5.41) is 1.37. The van der Waals surface area contributed by atoms with Gasteiger partial charge in [0, 0.05) is 5.02 Å². The molecule has 0 heterocycles. The molecule has 0 spiro atoms. The van der Waals surface area contributed by atoms with E-state index in [9.17, 15) is 0 Å². The minimum absolute atomic E-state index is 0.679. The highest BCUT2D eigenvalue weighted by Gasteiger charge is 2.41. The zero-order valence-corrected chi connectivity index (χ0v) is 17.3. The maximum atomic E-state index is 6.32. The van der Waals surface area contributed by atoms with E-state index in [0.29, 0.717) is 10.0 Å². The van der Waals surface area contributed by atoms with Crippen molar-refractivity contribution in [3.63, 3.8) is 0 Å². The van der Waals surface area contributed by atoms with Crippen LogP contribution < -0.4 is 0 Å². The Balaban J connectivity index is 3.32. The maximum absolute atomic E-state index is 6.32. The van der Waals surface area contributed by atoms with Crippen molar-refractivity contribution < 1.29 is 0 Å². The van der Waals surface area contributed by atoms with Gasteiger partial charge >= 0.3 is 0 Å². The van der Waals surface area contributed by atoms with Crippen LogP contribution in [0.2, 0.25) is 10.0 Å². The zero-order chi connectivity index (χ0) is 16.6. The van der Waals surface area contributed by atoms with Crippen molar-refractivity contribution in [3.8, 4) is 0 Å². The smallest absolute Gasteiger partial charge is 0.207 e. The largest absolute Gasteiger partial charge is 0.216 e. The molecule has 5 heteroatoms. The number of thioether (sulfide) groups is 1. The lowest BCUT2D eigenvalue weighted by Crippen LogP contribution is -2.14.